The van der Waals surface area contributed by atoms with E-state index in [1.807, 2.05) is 0 Å². The van der Waals surface area contributed by atoms with E-state index in [4.69, 9.17) is 0 Å². The van der Waals surface area contributed by atoms with Gasteiger partial charge in [-0.25, -0.2) is 0 Å². The molecule has 1 heteroatoms. The summed E-state index contributed by atoms with van der Waals surface area (Å²) in [6.07, 6.45) is 8.70. The van der Waals surface area contributed by atoms with E-state index >= 15 is 0 Å². The second-order valence-corrected chi connectivity index (χ2v) is 6.41. The molecule has 0 amide bonds. The van der Waals surface area contributed by atoms with Crippen molar-refractivity contribution in [3.05, 3.63) is 71.8 Å². The van der Waals surface area contributed by atoms with Crippen molar-refractivity contribution < 1.29 is 0 Å². The van der Waals surface area contributed by atoms with E-state index < -0.39 is 0 Å². The molecule has 2 aromatic carbocycles. The van der Waals surface area contributed by atoms with Gasteiger partial charge in [-0.3, -0.25) is 0 Å². The highest BCUT2D eigenvalue weighted by molar-refractivity contribution is 5.16. The lowest BCUT2D eigenvalue weighted by molar-refractivity contribution is 0.444. The van der Waals surface area contributed by atoms with Gasteiger partial charge in [-0.1, -0.05) is 80.4 Å². The molecule has 0 radical (unpaired) electrons. The highest BCUT2D eigenvalue weighted by Gasteiger charge is 2.08. The molecule has 0 saturated heterocycles. The summed E-state index contributed by atoms with van der Waals surface area (Å²) in [6.45, 7) is 3.42. The molecule has 0 bridgehead atoms. The lowest BCUT2D eigenvalue weighted by Crippen LogP contribution is -2.31. The number of unbranched alkanes of at least 4 members (excludes halogenated alkanes) is 2. The lowest BCUT2D eigenvalue weighted by atomic mass is 9.99. The van der Waals surface area contributed by atoms with Crippen LogP contribution in [0.1, 0.15) is 50.2 Å². The van der Waals surface area contributed by atoms with Crippen LogP contribution in [0.25, 0.3) is 0 Å². The van der Waals surface area contributed by atoms with Crippen molar-refractivity contribution in [2.45, 2.75) is 57.9 Å². The molecule has 0 aromatic heterocycles. The van der Waals surface area contributed by atoms with E-state index in [9.17, 15) is 0 Å². The summed E-state index contributed by atoms with van der Waals surface area (Å²) in [5.74, 6) is 0. The van der Waals surface area contributed by atoms with Crippen LogP contribution < -0.4 is 5.32 Å². The maximum Gasteiger partial charge on any atom is 0.00733 e. The van der Waals surface area contributed by atoms with Crippen LogP contribution in [-0.4, -0.2) is 12.6 Å². The molecular weight excluding hydrogens is 278 g/mol. The van der Waals surface area contributed by atoms with Crippen LogP contribution in [0.15, 0.2) is 60.7 Å². The second kappa shape index (κ2) is 11.0. The molecule has 2 aromatic rings. The minimum absolute atomic E-state index is 0.618. The molecule has 0 atom stereocenters. The van der Waals surface area contributed by atoms with Crippen LogP contribution in [0.3, 0.4) is 0 Å². The summed E-state index contributed by atoms with van der Waals surface area (Å²) in [5.41, 5.74) is 2.90. The Morgan fingerprint density at radius 2 is 1.26 bits per heavy atom. The number of benzene rings is 2. The van der Waals surface area contributed by atoms with Gasteiger partial charge in [0.1, 0.15) is 0 Å². The average Bonchev–Trinajstić information content (AvgIpc) is 2.62. The standard InChI is InChI=1S/C22H31N/c1-2-3-10-19-23-22(17-15-20-11-6-4-7-12-20)18-16-21-13-8-5-9-14-21/h4-9,11-14,22-23H,2-3,10,15-19H2,1H3. The molecule has 23 heavy (non-hydrogen) atoms. The molecule has 1 N–H and O–H groups in total. The van der Waals surface area contributed by atoms with E-state index in [1.54, 1.807) is 0 Å². The van der Waals surface area contributed by atoms with E-state index in [1.165, 1.54) is 56.1 Å². The molecule has 0 unspecified atom stereocenters. The smallest absolute Gasteiger partial charge is 0.00733 e. The second-order valence-electron chi connectivity index (χ2n) is 6.41. The van der Waals surface area contributed by atoms with Gasteiger partial charge in [0.2, 0.25) is 0 Å². The van der Waals surface area contributed by atoms with Gasteiger partial charge in [0, 0.05) is 6.04 Å². The van der Waals surface area contributed by atoms with E-state index in [-0.39, 0.29) is 0 Å². The van der Waals surface area contributed by atoms with Crippen LogP contribution in [0.4, 0.5) is 0 Å². The molecule has 0 aliphatic rings. The summed E-state index contributed by atoms with van der Waals surface area (Å²) >= 11 is 0. The third kappa shape index (κ3) is 7.47. The van der Waals surface area contributed by atoms with Gasteiger partial charge in [0.15, 0.2) is 0 Å². The molecule has 0 aliphatic carbocycles. The Labute approximate surface area is 142 Å². The Hall–Kier alpha value is -1.60. The maximum absolute atomic E-state index is 3.80. The summed E-state index contributed by atoms with van der Waals surface area (Å²) in [5, 5.41) is 3.80. The fourth-order valence-electron chi connectivity index (χ4n) is 3.00. The highest BCUT2D eigenvalue weighted by atomic mass is 14.9. The first-order valence-electron chi connectivity index (χ1n) is 9.19. The largest absolute Gasteiger partial charge is 0.314 e. The fourth-order valence-corrected chi connectivity index (χ4v) is 3.00. The summed E-state index contributed by atoms with van der Waals surface area (Å²) in [4.78, 5) is 0. The molecule has 0 aliphatic heterocycles. The Kier molecular flexibility index (Phi) is 8.50. The van der Waals surface area contributed by atoms with Gasteiger partial charge in [-0.05, 0) is 49.8 Å². The van der Waals surface area contributed by atoms with Gasteiger partial charge in [-0.15, -0.1) is 0 Å². The van der Waals surface area contributed by atoms with Crippen LogP contribution in [0.2, 0.25) is 0 Å². The minimum Gasteiger partial charge on any atom is -0.314 e. The lowest BCUT2D eigenvalue weighted by Gasteiger charge is -2.19. The van der Waals surface area contributed by atoms with Crippen LogP contribution >= 0.6 is 0 Å². The van der Waals surface area contributed by atoms with Crippen molar-refractivity contribution >= 4 is 0 Å². The van der Waals surface area contributed by atoms with Crippen molar-refractivity contribution in [1.82, 2.24) is 5.32 Å². The SMILES string of the molecule is CCCCCNC(CCc1ccccc1)CCc1ccccc1. The molecule has 0 heterocycles. The van der Waals surface area contributed by atoms with Crippen LogP contribution in [0, 0.1) is 0 Å². The molecular formula is C22H31N. The maximum atomic E-state index is 3.80. The third-order valence-corrected chi connectivity index (χ3v) is 4.46. The highest BCUT2D eigenvalue weighted by Crippen LogP contribution is 2.11. The van der Waals surface area contributed by atoms with Crippen molar-refractivity contribution in [3.8, 4) is 0 Å². The molecule has 0 spiro atoms. The molecule has 124 valence electrons. The first-order valence-corrected chi connectivity index (χ1v) is 9.19. The van der Waals surface area contributed by atoms with Gasteiger partial charge >= 0.3 is 0 Å². The summed E-state index contributed by atoms with van der Waals surface area (Å²) < 4.78 is 0. The monoisotopic (exact) mass is 309 g/mol. The number of nitrogens with one attached hydrogen (secondary N) is 1. The minimum atomic E-state index is 0.618. The zero-order valence-electron chi connectivity index (χ0n) is 14.5. The number of aryl methyl sites for hydroxylation is 2. The fraction of sp³-hybridized carbons (Fsp3) is 0.455. The predicted molar refractivity (Wildman–Crippen MR) is 101 cm³/mol. The van der Waals surface area contributed by atoms with Crippen molar-refractivity contribution in [1.29, 1.82) is 0 Å². The first kappa shape index (κ1) is 17.7. The molecule has 1 nitrogen and oxygen atoms in total. The Bertz CT molecular complexity index is 463. The van der Waals surface area contributed by atoms with Crippen molar-refractivity contribution in [2.75, 3.05) is 6.54 Å². The number of rotatable bonds is 11. The van der Waals surface area contributed by atoms with Gasteiger partial charge < -0.3 is 5.32 Å². The van der Waals surface area contributed by atoms with E-state index in [0.29, 0.717) is 6.04 Å². The number of hydrogen-bond donors (Lipinski definition) is 1. The van der Waals surface area contributed by atoms with Crippen molar-refractivity contribution in [3.63, 3.8) is 0 Å². The average molecular weight is 309 g/mol. The van der Waals surface area contributed by atoms with Gasteiger partial charge in [0.25, 0.3) is 0 Å². The Morgan fingerprint density at radius 1 is 0.739 bits per heavy atom. The molecule has 2 rings (SSSR count). The summed E-state index contributed by atoms with van der Waals surface area (Å²) in [7, 11) is 0. The summed E-state index contributed by atoms with van der Waals surface area (Å²) in [6, 6.07) is 22.3. The van der Waals surface area contributed by atoms with Gasteiger partial charge in [-0.2, -0.15) is 0 Å². The Balaban J connectivity index is 1.80. The molecule has 0 fully saturated rings. The van der Waals surface area contributed by atoms with Gasteiger partial charge in [0.05, 0.1) is 0 Å². The third-order valence-electron chi connectivity index (χ3n) is 4.46. The van der Waals surface area contributed by atoms with Crippen LogP contribution in [-0.2, 0) is 12.8 Å². The van der Waals surface area contributed by atoms with Crippen LogP contribution in [0.5, 0.6) is 0 Å². The first-order chi connectivity index (χ1) is 11.4. The van der Waals surface area contributed by atoms with Crippen molar-refractivity contribution in [2.24, 2.45) is 0 Å². The normalized spacial score (nSPS) is 11.0. The topological polar surface area (TPSA) is 12.0 Å². The quantitative estimate of drug-likeness (QED) is 0.548. The number of hydrogen-bond acceptors (Lipinski definition) is 1. The van der Waals surface area contributed by atoms with E-state index in [0.717, 1.165) is 6.54 Å². The zero-order valence-corrected chi connectivity index (χ0v) is 14.5. The Morgan fingerprint density at radius 3 is 1.74 bits per heavy atom. The van der Waals surface area contributed by atoms with E-state index in [2.05, 4.69) is 72.9 Å². The molecule has 0 saturated carbocycles. The zero-order chi connectivity index (χ0) is 16.2. The predicted octanol–water partition coefficient (Wildman–Crippen LogP) is 5.40.